The van der Waals surface area contributed by atoms with Crippen LogP contribution in [0.2, 0.25) is 0 Å². The molecule has 1 heterocycles. The standard InChI is InChI=1S/C13H26N2O2/c1-5-17-8-11(9(2)3)15-13(16)12-10(4)6-7-14-12/h9-12,14H,5-8H2,1-4H3,(H,15,16). The van der Waals surface area contributed by atoms with Crippen LogP contribution in [0, 0.1) is 11.8 Å². The second-order valence-corrected chi connectivity index (χ2v) is 5.22. The van der Waals surface area contributed by atoms with Crippen LogP contribution < -0.4 is 10.6 Å². The number of amides is 1. The molecule has 1 rings (SSSR count). The summed E-state index contributed by atoms with van der Waals surface area (Å²) in [5.74, 6) is 0.936. The van der Waals surface area contributed by atoms with Crippen molar-refractivity contribution in [2.75, 3.05) is 19.8 Å². The van der Waals surface area contributed by atoms with Crippen LogP contribution in [0.15, 0.2) is 0 Å². The number of carbonyl (C=O) groups is 1. The van der Waals surface area contributed by atoms with Crippen molar-refractivity contribution >= 4 is 5.91 Å². The molecule has 0 saturated carbocycles. The van der Waals surface area contributed by atoms with Crippen molar-refractivity contribution in [2.24, 2.45) is 11.8 Å². The third-order valence-electron chi connectivity index (χ3n) is 3.45. The molecule has 1 aliphatic heterocycles. The van der Waals surface area contributed by atoms with E-state index in [1.165, 1.54) is 0 Å². The zero-order chi connectivity index (χ0) is 12.8. The van der Waals surface area contributed by atoms with E-state index in [9.17, 15) is 4.79 Å². The highest BCUT2D eigenvalue weighted by Crippen LogP contribution is 2.15. The Kier molecular flexibility index (Phi) is 5.92. The van der Waals surface area contributed by atoms with Gasteiger partial charge in [-0.2, -0.15) is 0 Å². The minimum absolute atomic E-state index is 0.0297. The molecule has 1 amide bonds. The number of rotatable bonds is 6. The lowest BCUT2D eigenvalue weighted by molar-refractivity contribution is -0.125. The van der Waals surface area contributed by atoms with Gasteiger partial charge >= 0.3 is 0 Å². The Labute approximate surface area is 104 Å². The van der Waals surface area contributed by atoms with Gasteiger partial charge < -0.3 is 15.4 Å². The molecular formula is C13H26N2O2. The quantitative estimate of drug-likeness (QED) is 0.735. The van der Waals surface area contributed by atoms with Crippen LogP contribution in [0.25, 0.3) is 0 Å². The first-order chi connectivity index (χ1) is 8.06. The Morgan fingerprint density at radius 3 is 2.71 bits per heavy atom. The number of ether oxygens (including phenoxy) is 1. The Morgan fingerprint density at radius 2 is 2.24 bits per heavy atom. The van der Waals surface area contributed by atoms with Gasteiger partial charge in [0.05, 0.1) is 18.7 Å². The summed E-state index contributed by atoms with van der Waals surface area (Å²) in [4.78, 5) is 12.1. The monoisotopic (exact) mass is 242 g/mol. The molecule has 3 atom stereocenters. The minimum atomic E-state index is -0.0297. The predicted molar refractivity (Wildman–Crippen MR) is 68.8 cm³/mol. The van der Waals surface area contributed by atoms with Crippen LogP contribution in [-0.4, -0.2) is 37.7 Å². The van der Waals surface area contributed by atoms with Crippen molar-refractivity contribution in [2.45, 2.75) is 46.2 Å². The SMILES string of the molecule is CCOCC(NC(=O)C1NCCC1C)C(C)C. The van der Waals surface area contributed by atoms with Gasteiger partial charge in [-0.3, -0.25) is 4.79 Å². The minimum Gasteiger partial charge on any atom is -0.380 e. The molecule has 0 aromatic carbocycles. The summed E-state index contributed by atoms with van der Waals surface area (Å²) in [6, 6.07) is 0.0786. The first kappa shape index (κ1) is 14.5. The van der Waals surface area contributed by atoms with Crippen LogP contribution in [0.3, 0.4) is 0 Å². The van der Waals surface area contributed by atoms with Crippen molar-refractivity contribution in [3.05, 3.63) is 0 Å². The van der Waals surface area contributed by atoms with Crippen LogP contribution in [0.4, 0.5) is 0 Å². The Morgan fingerprint density at radius 1 is 1.53 bits per heavy atom. The molecule has 3 unspecified atom stereocenters. The topological polar surface area (TPSA) is 50.4 Å². The summed E-state index contributed by atoms with van der Waals surface area (Å²) in [7, 11) is 0. The van der Waals surface area contributed by atoms with Crippen LogP contribution >= 0.6 is 0 Å². The van der Waals surface area contributed by atoms with E-state index in [4.69, 9.17) is 4.74 Å². The normalized spacial score (nSPS) is 26.2. The van der Waals surface area contributed by atoms with Gasteiger partial charge in [-0.25, -0.2) is 0 Å². The van der Waals surface area contributed by atoms with Gasteiger partial charge in [-0.1, -0.05) is 20.8 Å². The molecule has 2 N–H and O–H groups in total. The van der Waals surface area contributed by atoms with Gasteiger partial charge in [0.2, 0.25) is 5.91 Å². The fourth-order valence-corrected chi connectivity index (χ4v) is 2.10. The molecular weight excluding hydrogens is 216 g/mol. The van der Waals surface area contributed by atoms with Crippen molar-refractivity contribution in [3.8, 4) is 0 Å². The number of hydrogen-bond acceptors (Lipinski definition) is 3. The van der Waals surface area contributed by atoms with E-state index in [0.717, 1.165) is 13.0 Å². The summed E-state index contributed by atoms with van der Waals surface area (Å²) in [6.07, 6.45) is 1.08. The van der Waals surface area contributed by atoms with Crippen LogP contribution in [-0.2, 0) is 9.53 Å². The van der Waals surface area contributed by atoms with E-state index in [1.54, 1.807) is 0 Å². The average Bonchev–Trinajstić information content (AvgIpc) is 2.70. The van der Waals surface area contributed by atoms with Gasteiger partial charge in [0.15, 0.2) is 0 Å². The van der Waals surface area contributed by atoms with Crippen LogP contribution in [0.5, 0.6) is 0 Å². The third-order valence-corrected chi connectivity index (χ3v) is 3.45. The lowest BCUT2D eigenvalue weighted by Crippen LogP contribution is -2.50. The second-order valence-electron chi connectivity index (χ2n) is 5.22. The summed E-state index contributed by atoms with van der Waals surface area (Å²) in [5, 5.41) is 6.35. The smallest absolute Gasteiger partial charge is 0.237 e. The Bertz CT molecular complexity index is 244. The van der Waals surface area contributed by atoms with Gasteiger partial charge in [0.1, 0.15) is 0 Å². The number of nitrogens with one attached hydrogen (secondary N) is 2. The first-order valence-electron chi connectivity index (χ1n) is 6.67. The van der Waals surface area contributed by atoms with Gasteiger partial charge in [0.25, 0.3) is 0 Å². The van der Waals surface area contributed by atoms with E-state index < -0.39 is 0 Å². The predicted octanol–water partition coefficient (Wildman–Crippen LogP) is 1.16. The lowest BCUT2D eigenvalue weighted by atomic mass is 10.0. The highest BCUT2D eigenvalue weighted by molar-refractivity contribution is 5.82. The van der Waals surface area contributed by atoms with Gasteiger partial charge in [-0.15, -0.1) is 0 Å². The van der Waals surface area contributed by atoms with Crippen LogP contribution in [0.1, 0.15) is 34.1 Å². The molecule has 17 heavy (non-hydrogen) atoms. The largest absolute Gasteiger partial charge is 0.380 e. The Balaban J connectivity index is 2.45. The summed E-state index contributed by atoms with van der Waals surface area (Å²) < 4.78 is 5.41. The van der Waals surface area contributed by atoms with E-state index in [-0.39, 0.29) is 18.0 Å². The van der Waals surface area contributed by atoms with Crippen molar-refractivity contribution in [1.82, 2.24) is 10.6 Å². The summed E-state index contributed by atoms with van der Waals surface area (Å²) >= 11 is 0. The molecule has 0 aliphatic carbocycles. The molecule has 4 nitrogen and oxygen atoms in total. The maximum Gasteiger partial charge on any atom is 0.237 e. The average molecular weight is 242 g/mol. The number of carbonyl (C=O) groups excluding carboxylic acids is 1. The first-order valence-corrected chi connectivity index (χ1v) is 6.67. The summed E-state index contributed by atoms with van der Waals surface area (Å²) in [6.45, 7) is 10.5. The zero-order valence-electron chi connectivity index (χ0n) is 11.5. The van der Waals surface area contributed by atoms with E-state index in [2.05, 4.69) is 31.4 Å². The highest BCUT2D eigenvalue weighted by atomic mass is 16.5. The van der Waals surface area contributed by atoms with E-state index in [1.807, 2.05) is 6.92 Å². The number of hydrogen-bond donors (Lipinski definition) is 2. The molecule has 4 heteroatoms. The van der Waals surface area contributed by atoms with Gasteiger partial charge in [-0.05, 0) is 31.7 Å². The fourth-order valence-electron chi connectivity index (χ4n) is 2.10. The van der Waals surface area contributed by atoms with Crippen molar-refractivity contribution in [3.63, 3.8) is 0 Å². The lowest BCUT2D eigenvalue weighted by Gasteiger charge is -2.25. The Hall–Kier alpha value is -0.610. The molecule has 1 fully saturated rings. The fraction of sp³-hybridized carbons (Fsp3) is 0.923. The maximum atomic E-state index is 12.1. The molecule has 100 valence electrons. The van der Waals surface area contributed by atoms with Crippen molar-refractivity contribution < 1.29 is 9.53 Å². The second kappa shape index (κ2) is 6.97. The molecule has 0 aromatic rings. The third kappa shape index (κ3) is 4.28. The highest BCUT2D eigenvalue weighted by Gasteiger charge is 2.30. The molecule has 0 aromatic heterocycles. The molecule has 0 bridgehead atoms. The van der Waals surface area contributed by atoms with Gasteiger partial charge in [0, 0.05) is 6.61 Å². The summed E-state index contributed by atoms with van der Waals surface area (Å²) in [5.41, 5.74) is 0. The zero-order valence-corrected chi connectivity index (χ0v) is 11.5. The molecule has 0 radical (unpaired) electrons. The molecule has 1 aliphatic rings. The van der Waals surface area contributed by atoms with Crippen molar-refractivity contribution in [1.29, 1.82) is 0 Å². The van der Waals surface area contributed by atoms with E-state index >= 15 is 0 Å². The van der Waals surface area contributed by atoms with E-state index in [0.29, 0.717) is 25.0 Å². The molecule has 0 spiro atoms. The maximum absolute atomic E-state index is 12.1. The molecule has 1 saturated heterocycles.